The van der Waals surface area contributed by atoms with Crippen molar-refractivity contribution in [3.05, 3.63) is 93.9 Å². The molecule has 2 heterocycles. The number of hydrogen-bond acceptors (Lipinski definition) is 4. The third-order valence-electron chi connectivity index (χ3n) is 3.44. The second-order valence-electron chi connectivity index (χ2n) is 5.40. The minimum absolute atomic E-state index is 0.389. The van der Waals surface area contributed by atoms with Gasteiger partial charge in [-0.1, -0.05) is 48.1 Å². The number of pyridine rings is 1. The molecule has 0 aromatic carbocycles. The Balaban J connectivity index is 1.99. The van der Waals surface area contributed by atoms with Gasteiger partial charge in [0.25, 0.3) is 0 Å². The minimum atomic E-state index is -0.389. The normalized spacial score (nSPS) is 12.5. The van der Waals surface area contributed by atoms with Gasteiger partial charge in [0.2, 0.25) is 0 Å². The molecule has 0 aliphatic carbocycles. The maximum Gasteiger partial charge on any atom is 0.342 e. The fourth-order valence-corrected chi connectivity index (χ4v) is 2.04. The SMILES string of the molecule is COc1cc(/C=C/C=C/C(C)=C/C=C/c2cccnc2)oc(=O)c1C. The first-order chi connectivity index (χ1) is 12.1. The van der Waals surface area contributed by atoms with Crippen LogP contribution >= 0.6 is 0 Å². The third-order valence-corrected chi connectivity index (χ3v) is 3.44. The Morgan fingerprint density at radius 1 is 1.24 bits per heavy atom. The number of aromatic nitrogens is 1. The van der Waals surface area contributed by atoms with Gasteiger partial charge in [-0.2, -0.15) is 0 Å². The van der Waals surface area contributed by atoms with Crippen molar-refractivity contribution in [1.82, 2.24) is 4.98 Å². The molecule has 0 saturated heterocycles. The quantitative estimate of drug-likeness (QED) is 0.725. The Morgan fingerprint density at radius 2 is 2.08 bits per heavy atom. The predicted molar refractivity (Wildman–Crippen MR) is 101 cm³/mol. The molecular weight excluding hydrogens is 314 g/mol. The molecule has 0 spiro atoms. The number of hydrogen-bond donors (Lipinski definition) is 0. The summed E-state index contributed by atoms with van der Waals surface area (Å²) in [5.74, 6) is 0.978. The van der Waals surface area contributed by atoms with E-state index in [-0.39, 0.29) is 5.63 Å². The van der Waals surface area contributed by atoms with Crippen molar-refractivity contribution in [1.29, 1.82) is 0 Å². The molecule has 2 aromatic rings. The Hall–Kier alpha value is -3.14. The van der Waals surface area contributed by atoms with E-state index in [0.717, 1.165) is 11.1 Å². The van der Waals surface area contributed by atoms with Crippen molar-refractivity contribution in [2.45, 2.75) is 13.8 Å². The van der Waals surface area contributed by atoms with Crippen LogP contribution in [0.15, 0.2) is 75.8 Å². The Bertz CT molecular complexity index is 872. The molecule has 128 valence electrons. The lowest BCUT2D eigenvalue weighted by molar-refractivity contribution is 0.395. The zero-order chi connectivity index (χ0) is 18.1. The fraction of sp³-hybridized carbons (Fsp3) is 0.143. The smallest absolute Gasteiger partial charge is 0.342 e. The molecule has 2 rings (SSSR count). The van der Waals surface area contributed by atoms with Gasteiger partial charge in [-0.25, -0.2) is 4.79 Å². The van der Waals surface area contributed by atoms with Crippen LogP contribution in [0.2, 0.25) is 0 Å². The average molecular weight is 335 g/mol. The molecule has 0 fully saturated rings. The summed E-state index contributed by atoms with van der Waals surface area (Å²) in [6, 6.07) is 5.59. The lowest BCUT2D eigenvalue weighted by Gasteiger charge is -2.02. The molecule has 0 radical (unpaired) electrons. The standard InChI is InChI=1S/C21H21NO3/c1-16(9-6-10-18-11-7-13-22-15-18)8-4-5-12-19-14-20(24-3)17(2)21(23)25-19/h4-15H,1-3H3/b8-4+,10-6+,12-5+,16-9+. The van der Waals surface area contributed by atoms with Crippen molar-refractivity contribution < 1.29 is 9.15 Å². The van der Waals surface area contributed by atoms with Gasteiger partial charge < -0.3 is 9.15 Å². The van der Waals surface area contributed by atoms with Crippen molar-refractivity contribution in [2.24, 2.45) is 0 Å². The van der Waals surface area contributed by atoms with E-state index >= 15 is 0 Å². The molecule has 4 nitrogen and oxygen atoms in total. The van der Waals surface area contributed by atoms with Crippen LogP contribution in [0.3, 0.4) is 0 Å². The van der Waals surface area contributed by atoms with Crippen molar-refractivity contribution in [3.63, 3.8) is 0 Å². The van der Waals surface area contributed by atoms with E-state index in [0.29, 0.717) is 17.1 Å². The summed E-state index contributed by atoms with van der Waals surface area (Å²) in [5.41, 5.74) is 2.22. The highest BCUT2D eigenvalue weighted by molar-refractivity contribution is 5.51. The molecule has 2 aromatic heterocycles. The summed E-state index contributed by atoms with van der Waals surface area (Å²) in [4.78, 5) is 15.7. The molecule has 25 heavy (non-hydrogen) atoms. The van der Waals surface area contributed by atoms with Gasteiger partial charge in [0.15, 0.2) is 0 Å². The Kier molecular flexibility index (Phi) is 6.72. The number of methoxy groups -OCH3 is 1. The van der Waals surface area contributed by atoms with E-state index in [9.17, 15) is 4.79 Å². The summed E-state index contributed by atoms with van der Waals surface area (Å²) in [5, 5.41) is 0. The molecule has 0 N–H and O–H groups in total. The van der Waals surface area contributed by atoms with E-state index in [1.54, 1.807) is 25.3 Å². The van der Waals surface area contributed by atoms with Crippen LogP contribution in [0.25, 0.3) is 12.2 Å². The van der Waals surface area contributed by atoms with Crippen LogP contribution < -0.4 is 10.4 Å². The maximum atomic E-state index is 11.7. The third kappa shape index (κ3) is 5.77. The first-order valence-electron chi connectivity index (χ1n) is 7.88. The highest BCUT2D eigenvalue weighted by Gasteiger charge is 2.05. The van der Waals surface area contributed by atoms with Crippen LogP contribution in [0.1, 0.15) is 23.8 Å². The summed E-state index contributed by atoms with van der Waals surface area (Å²) in [6.45, 7) is 3.68. The molecule has 0 amide bonds. The van der Waals surface area contributed by atoms with E-state index in [1.165, 1.54) is 7.11 Å². The first kappa shape index (κ1) is 18.2. The van der Waals surface area contributed by atoms with Crippen molar-refractivity contribution in [2.75, 3.05) is 7.11 Å². The summed E-state index contributed by atoms with van der Waals surface area (Å²) < 4.78 is 10.3. The number of nitrogens with zero attached hydrogens (tertiary/aromatic N) is 1. The second-order valence-corrected chi connectivity index (χ2v) is 5.40. The Morgan fingerprint density at radius 3 is 2.80 bits per heavy atom. The van der Waals surface area contributed by atoms with Gasteiger partial charge in [0.1, 0.15) is 11.5 Å². The molecule has 0 aliphatic heterocycles. The number of ether oxygens (including phenoxy) is 1. The van der Waals surface area contributed by atoms with Gasteiger partial charge in [0, 0.05) is 18.5 Å². The highest BCUT2D eigenvalue weighted by atomic mass is 16.5. The van der Waals surface area contributed by atoms with E-state index < -0.39 is 0 Å². The van der Waals surface area contributed by atoms with E-state index in [2.05, 4.69) is 4.98 Å². The highest BCUT2D eigenvalue weighted by Crippen LogP contribution is 2.16. The topological polar surface area (TPSA) is 52.3 Å². The monoisotopic (exact) mass is 335 g/mol. The molecule has 4 heteroatoms. The lowest BCUT2D eigenvalue weighted by Crippen LogP contribution is -2.05. The Labute approximate surface area is 147 Å². The van der Waals surface area contributed by atoms with Crippen molar-refractivity contribution in [3.8, 4) is 5.75 Å². The van der Waals surface area contributed by atoms with Gasteiger partial charge in [-0.3, -0.25) is 4.98 Å². The van der Waals surface area contributed by atoms with Crippen LogP contribution in [-0.2, 0) is 0 Å². The van der Waals surface area contributed by atoms with Crippen LogP contribution in [-0.4, -0.2) is 12.1 Å². The number of rotatable bonds is 6. The zero-order valence-electron chi connectivity index (χ0n) is 14.6. The molecular formula is C21H21NO3. The number of allylic oxidation sites excluding steroid dienone is 6. The summed E-state index contributed by atoms with van der Waals surface area (Å²) in [7, 11) is 1.53. The fourth-order valence-electron chi connectivity index (χ4n) is 2.04. The molecule has 0 aliphatic rings. The lowest BCUT2D eigenvalue weighted by atomic mass is 10.2. The van der Waals surface area contributed by atoms with E-state index in [1.807, 2.05) is 61.7 Å². The maximum absolute atomic E-state index is 11.7. The predicted octanol–water partition coefficient (Wildman–Crippen LogP) is 4.58. The van der Waals surface area contributed by atoms with Crippen LogP contribution in [0.5, 0.6) is 5.75 Å². The average Bonchev–Trinajstić information content (AvgIpc) is 2.62. The second kappa shape index (κ2) is 9.23. The zero-order valence-corrected chi connectivity index (χ0v) is 14.6. The molecule has 0 saturated carbocycles. The molecule has 0 bridgehead atoms. The molecule has 0 atom stereocenters. The largest absolute Gasteiger partial charge is 0.496 e. The van der Waals surface area contributed by atoms with Gasteiger partial charge in [-0.15, -0.1) is 0 Å². The first-order valence-corrected chi connectivity index (χ1v) is 7.88. The van der Waals surface area contributed by atoms with Crippen LogP contribution in [0, 0.1) is 6.92 Å². The minimum Gasteiger partial charge on any atom is -0.496 e. The van der Waals surface area contributed by atoms with Gasteiger partial charge >= 0.3 is 5.63 Å². The van der Waals surface area contributed by atoms with Gasteiger partial charge in [-0.05, 0) is 31.6 Å². The van der Waals surface area contributed by atoms with Crippen molar-refractivity contribution >= 4 is 12.2 Å². The van der Waals surface area contributed by atoms with Crippen LogP contribution in [0.4, 0.5) is 0 Å². The van der Waals surface area contributed by atoms with E-state index in [4.69, 9.17) is 9.15 Å². The summed E-state index contributed by atoms with van der Waals surface area (Å²) in [6.07, 6.45) is 16.9. The summed E-state index contributed by atoms with van der Waals surface area (Å²) >= 11 is 0. The van der Waals surface area contributed by atoms with Gasteiger partial charge in [0.05, 0.1) is 12.7 Å². The molecule has 0 unspecified atom stereocenters.